The molecule has 232 valence electrons. The summed E-state index contributed by atoms with van der Waals surface area (Å²) < 4.78 is 19.1. The lowest BCUT2D eigenvalue weighted by Crippen LogP contribution is -2.41. The molecule has 1 atom stereocenters. The van der Waals surface area contributed by atoms with Gasteiger partial charge in [0.25, 0.3) is 0 Å². The Morgan fingerprint density at radius 3 is 2.00 bits per heavy atom. The summed E-state index contributed by atoms with van der Waals surface area (Å²) >= 11 is 0. The third kappa shape index (κ3) is 8.48. The third-order valence-electron chi connectivity index (χ3n) is 8.31. The predicted octanol–water partition coefficient (Wildman–Crippen LogP) is 7.34. The van der Waals surface area contributed by atoms with Crippen LogP contribution in [0.15, 0.2) is 60.9 Å². The maximum Gasteiger partial charge on any atom is 0.243 e. The van der Waals surface area contributed by atoms with Crippen LogP contribution in [0.1, 0.15) is 58.1 Å². The van der Waals surface area contributed by atoms with Crippen LogP contribution in [0.5, 0.6) is 11.5 Å². The summed E-state index contributed by atoms with van der Waals surface area (Å²) in [6, 6.07) is 16.5. The van der Waals surface area contributed by atoms with Crippen molar-refractivity contribution in [2.45, 2.75) is 84.2 Å². The zero-order chi connectivity index (χ0) is 31.0. The van der Waals surface area contributed by atoms with E-state index in [0.29, 0.717) is 24.7 Å². The minimum absolute atomic E-state index is 0.183. The summed E-state index contributed by atoms with van der Waals surface area (Å²) in [5.74, 6) is 3.01. The molecule has 0 unspecified atom stereocenters. The normalized spacial score (nSPS) is 12.7. The second-order valence-corrected chi connectivity index (χ2v) is 17.3. The van der Waals surface area contributed by atoms with Gasteiger partial charge in [0, 0.05) is 38.1 Å². The monoisotopic (exact) mass is 604 g/mol. The first-order valence-corrected chi connectivity index (χ1v) is 18.1. The molecule has 9 nitrogen and oxygen atoms in total. The first-order valence-electron chi connectivity index (χ1n) is 15.2. The molecule has 0 saturated heterocycles. The molecule has 0 bridgehead atoms. The summed E-state index contributed by atoms with van der Waals surface area (Å²) in [4.78, 5) is 12.0. The van der Waals surface area contributed by atoms with E-state index in [9.17, 15) is 0 Å². The Kier molecular flexibility index (Phi) is 10.7. The molecule has 0 amide bonds. The minimum atomic E-state index is -1.82. The van der Waals surface area contributed by atoms with Gasteiger partial charge in [-0.2, -0.15) is 4.98 Å². The van der Waals surface area contributed by atoms with Crippen LogP contribution >= 0.6 is 0 Å². The number of benzene rings is 2. The summed E-state index contributed by atoms with van der Waals surface area (Å²) in [6.07, 6.45) is 6.59. The van der Waals surface area contributed by atoms with Gasteiger partial charge < -0.3 is 24.1 Å². The number of hydrogen-bond donors (Lipinski definition) is 1. The second kappa shape index (κ2) is 14.2. The number of methoxy groups -OCH3 is 2. The summed E-state index contributed by atoms with van der Waals surface area (Å²) in [6.45, 7) is 15.6. The van der Waals surface area contributed by atoms with Crippen molar-refractivity contribution in [3.8, 4) is 11.5 Å². The maximum absolute atomic E-state index is 6.51. The van der Waals surface area contributed by atoms with E-state index in [0.717, 1.165) is 54.3 Å². The summed E-state index contributed by atoms with van der Waals surface area (Å²) in [7, 11) is 1.54. The molecule has 2 aromatic heterocycles. The second-order valence-electron chi connectivity index (χ2n) is 12.5. The molecule has 0 saturated carbocycles. The van der Waals surface area contributed by atoms with Crippen molar-refractivity contribution in [1.29, 1.82) is 0 Å². The van der Waals surface area contributed by atoms with Gasteiger partial charge in [-0.15, -0.1) is 5.10 Å². The van der Waals surface area contributed by atoms with Crippen molar-refractivity contribution in [2.75, 3.05) is 31.0 Å². The molecule has 2 aromatic carbocycles. The summed E-state index contributed by atoms with van der Waals surface area (Å²) in [5.41, 5.74) is 2.98. The van der Waals surface area contributed by atoms with Crippen LogP contribution < -0.4 is 19.7 Å². The minimum Gasteiger partial charge on any atom is -0.497 e. The van der Waals surface area contributed by atoms with Crippen molar-refractivity contribution < 1.29 is 13.9 Å². The number of fused-ring (bicyclic) bond motifs is 1. The largest absolute Gasteiger partial charge is 0.497 e. The number of nitrogens with one attached hydrogen (secondary N) is 1. The molecule has 0 aliphatic rings. The van der Waals surface area contributed by atoms with Gasteiger partial charge in [-0.05, 0) is 66.4 Å². The highest BCUT2D eigenvalue weighted by molar-refractivity contribution is 6.74. The highest BCUT2D eigenvalue weighted by Crippen LogP contribution is 2.36. The fourth-order valence-electron chi connectivity index (χ4n) is 4.69. The zero-order valence-corrected chi connectivity index (χ0v) is 28.1. The predicted molar refractivity (Wildman–Crippen MR) is 177 cm³/mol. The number of anilines is 2. The van der Waals surface area contributed by atoms with E-state index in [1.807, 2.05) is 35.0 Å². The van der Waals surface area contributed by atoms with Crippen LogP contribution in [0.3, 0.4) is 0 Å². The first-order chi connectivity index (χ1) is 20.5. The SMILES string of the molecule is CCC[C@@H](CCO[Si](C)(C)C(C)(C)C)Nc1nc(N(Cc2ccc(OC)cc2)Cc2ccc(OC)cc2)c2nccn2n1. The Morgan fingerprint density at radius 2 is 1.49 bits per heavy atom. The van der Waals surface area contributed by atoms with Gasteiger partial charge in [-0.3, -0.25) is 0 Å². The van der Waals surface area contributed by atoms with Gasteiger partial charge in [0.2, 0.25) is 5.95 Å². The molecule has 0 aliphatic carbocycles. The molecular weight excluding hydrogens is 556 g/mol. The molecule has 0 radical (unpaired) electrons. The van der Waals surface area contributed by atoms with Gasteiger partial charge >= 0.3 is 0 Å². The number of imidazole rings is 1. The van der Waals surface area contributed by atoms with E-state index in [1.165, 1.54) is 0 Å². The smallest absolute Gasteiger partial charge is 0.243 e. The van der Waals surface area contributed by atoms with E-state index in [1.54, 1.807) is 20.4 Å². The average Bonchev–Trinajstić information content (AvgIpc) is 3.45. The lowest BCUT2D eigenvalue weighted by molar-refractivity contribution is 0.272. The fraction of sp³-hybridized carbons (Fsp3) is 0.485. The van der Waals surface area contributed by atoms with Crippen molar-refractivity contribution in [1.82, 2.24) is 19.6 Å². The maximum atomic E-state index is 6.51. The van der Waals surface area contributed by atoms with Gasteiger partial charge in [-0.1, -0.05) is 58.4 Å². The van der Waals surface area contributed by atoms with Gasteiger partial charge in [0.15, 0.2) is 19.8 Å². The molecule has 4 aromatic rings. The fourth-order valence-corrected chi connectivity index (χ4v) is 5.75. The highest BCUT2D eigenvalue weighted by Gasteiger charge is 2.37. The van der Waals surface area contributed by atoms with E-state index in [4.69, 9.17) is 24.0 Å². The standard InChI is InChI=1S/C33H48N6O3Si/c1-9-10-27(19-22-42-43(7,8)33(2,3)4)35-32-36-31(30-34-20-21-39(30)37-32)38(23-25-11-15-28(40-5)16-12-25)24-26-13-17-29(41-6)18-14-26/h11-18,20-21,27H,9-10,19,22-24H2,1-8H3,(H,35,37)/t27-/m0/s1. The topological polar surface area (TPSA) is 86.0 Å². The van der Waals surface area contributed by atoms with Crippen LogP contribution in [-0.2, 0) is 17.5 Å². The Hall–Kier alpha value is -3.63. The lowest BCUT2D eigenvalue weighted by Gasteiger charge is -2.36. The van der Waals surface area contributed by atoms with Crippen molar-refractivity contribution in [3.63, 3.8) is 0 Å². The Labute approximate surface area is 257 Å². The van der Waals surface area contributed by atoms with Crippen LogP contribution in [0.25, 0.3) is 5.65 Å². The van der Waals surface area contributed by atoms with E-state index >= 15 is 0 Å². The van der Waals surface area contributed by atoms with Crippen molar-refractivity contribution >= 4 is 25.7 Å². The van der Waals surface area contributed by atoms with Crippen LogP contribution in [0.2, 0.25) is 18.1 Å². The van der Waals surface area contributed by atoms with Gasteiger partial charge in [0.05, 0.1) is 14.2 Å². The quantitative estimate of drug-likeness (QED) is 0.141. The third-order valence-corrected chi connectivity index (χ3v) is 12.8. The van der Waals surface area contributed by atoms with Crippen molar-refractivity contribution in [2.24, 2.45) is 0 Å². The molecular formula is C33H48N6O3Si. The number of hydrogen-bond acceptors (Lipinski definition) is 8. The Bertz CT molecular complexity index is 1380. The van der Waals surface area contributed by atoms with E-state index in [2.05, 4.69) is 80.3 Å². The van der Waals surface area contributed by atoms with Crippen LogP contribution in [0, 0.1) is 0 Å². The average molecular weight is 605 g/mol. The molecule has 1 N–H and O–H groups in total. The summed E-state index contributed by atoms with van der Waals surface area (Å²) in [5, 5.41) is 8.62. The lowest BCUT2D eigenvalue weighted by atomic mass is 10.1. The number of nitrogens with zero attached hydrogens (tertiary/aromatic N) is 5. The number of aromatic nitrogens is 4. The number of rotatable bonds is 15. The Morgan fingerprint density at radius 1 is 0.907 bits per heavy atom. The molecule has 4 rings (SSSR count). The van der Waals surface area contributed by atoms with Gasteiger partial charge in [0.1, 0.15) is 11.5 Å². The molecule has 43 heavy (non-hydrogen) atoms. The molecule has 2 heterocycles. The zero-order valence-electron chi connectivity index (χ0n) is 27.1. The highest BCUT2D eigenvalue weighted by atomic mass is 28.4. The van der Waals surface area contributed by atoms with Crippen molar-refractivity contribution in [3.05, 3.63) is 72.1 Å². The van der Waals surface area contributed by atoms with E-state index in [-0.39, 0.29) is 11.1 Å². The Balaban J connectivity index is 1.63. The van der Waals surface area contributed by atoms with Gasteiger partial charge in [-0.25, -0.2) is 9.50 Å². The first kappa shape index (κ1) is 32.3. The number of ether oxygens (including phenoxy) is 2. The van der Waals surface area contributed by atoms with Crippen LogP contribution in [0.4, 0.5) is 11.8 Å². The molecule has 0 spiro atoms. The molecule has 10 heteroatoms. The van der Waals surface area contributed by atoms with Crippen LogP contribution in [-0.4, -0.2) is 54.8 Å². The molecule has 0 fully saturated rings. The molecule has 0 aliphatic heterocycles. The van der Waals surface area contributed by atoms with E-state index < -0.39 is 8.32 Å².